The molecular weight excluding hydrogens is 278 g/mol. The first-order valence-electron chi connectivity index (χ1n) is 8.64. The lowest BCUT2D eigenvalue weighted by Gasteiger charge is -2.21. The molecule has 0 aromatic rings. The average molecular weight is 311 g/mol. The molecule has 0 amide bonds. The van der Waals surface area contributed by atoms with Gasteiger partial charge in [0.25, 0.3) is 0 Å². The smallest absolute Gasteiger partial charge is 0.133 e. The first kappa shape index (κ1) is 20.8. The van der Waals surface area contributed by atoms with E-state index in [9.17, 15) is 9.59 Å². The van der Waals surface area contributed by atoms with Gasteiger partial charge < -0.3 is 14.3 Å². The molecule has 0 aliphatic heterocycles. The van der Waals surface area contributed by atoms with E-state index in [2.05, 4.69) is 13.5 Å². The molecule has 0 bridgehead atoms. The molecule has 0 aliphatic carbocycles. The van der Waals surface area contributed by atoms with Crippen molar-refractivity contribution < 1.29 is 14.3 Å². The van der Waals surface area contributed by atoms with E-state index < -0.39 is 0 Å². The first-order chi connectivity index (χ1) is 10.7. The van der Waals surface area contributed by atoms with Crippen LogP contribution in [0.5, 0.6) is 0 Å². The van der Waals surface area contributed by atoms with Crippen molar-refractivity contribution in [3.8, 4) is 0 Å². The van der Waals surface area contributed by atoms with Crippen molar-refractivity contribution in [3.63, 3.8) is 0 Å². The summed E-state index contributed by atoms with van der Waals surface area (Å²) in [4.78, 5) is 23.0. The van der Waals surface area contributed by atoms with Gasteiger partial charge in [-0.05, 0) is 25.8 Å². The Morgan fingerprint density at radius 2 is 1.73 bits per heavy atom. The lowest BCUT2D eigenvalue weighted by atomic mass is 10.1. The fourth-order valence-electron chi connectivity index (χ4n) is 2.30. The number of carbonyl (C=O) groups is 2. The monoisotopic (exact) mass is 311 g/mol. The Morgan fingerprint density at radius 1 is 1.00 bits per heavy atom. The van der Waals surface area contributed by atoms with Crippen LogP contribution in [0, 0.1) is 0 Å². The van der Waals surface area contributed by atoms with Gasteiger partial charge in [0.05, 0.1) is 19.7 Å². The Bertz CT molecular complexity index is 292. The molecule has 0 aromatic heterocycles. The van der Waals surface area contributed by atoms with Crippen molar-refractivity contribution in [2.75, 3.05) is 26.2 Å². The summed E-state index contributed by atoms with van der Waals surface area (Å²) in [6, 6.07) is 0. The van der Waals surface area contributed by atoms with Crippen molar-refractivity contribution >= 4 is 12.6 Å². The van der Waals surface area contributed by atoms with Crippen molar-refractivity contribution in [3.05, 3.63) is 12.3 Å². The standard InChI is InChI=1S/C18H33NO3/c1-3-4-5-6-7-11-16-22-18(2)17-19(13-15-21)12-9-8-10-14-20/h14-15H,2-13,16-17H2,1H3. The van der Waals surface area contributed by atoms with Gasteiger partial charge in [0.2, 0.25) is 0 Å². The van der Waals surface area contributed by atoms with Crippen molar-refractivity contribution in [2.24, 2.45) is 0 Å². The number of hydrogen-bond donors (Lipinski definition) is 0. The van der Waals surface area contributed by atoms with Gasteiger partial charge in [0.15, 0.2) is 0 Å². The lowest BCUT2D eigenvalue weighted by molar-refractivity contribution is -0.109. The molecule has 0 saturated carbocycles. The van der Waals surface area contributed by atoms with Crippen LogP contribution < -0.4 is 0 Å². The minimum absolute atomic E-state index is 0.389. The molecule has 0 rings (SSSR count). The largest absolute Gasteiger partial charge is 0.497 e. The summed E-state index contributed by atoms with van der Waals surface area (Å²) in [5, 5.41) is 0. The van der Waals surface area contributed by atoms with E-state index >= 15 is 0 Å². The fourth-order valence-corrected chi connectivity index (χ4v) is 2.30. The first-order valence-corrected chi connectivity index (χ1v) is 8.64. The molecule has 0 aromatic carbocycles. The number of hydrogen-bond acceptors (Lipinski definition) is 4. The van der Waals surface area contributed by atoms with Crippen molar-refractivity contribution in [1.29, 1.82) is 0 Å². The second kappa shape index (κ2) is 16.2. The fraction of sp³-hybridized carbons (Fsp3) is 0.778. The maximum absolute atomic E-state index is 10.7. The zero-order valence-electron chi connectivity index (χ0n) is 14.2. The number of ether oxygens (including phenoxy) is 1. The van der Waals surface area contributed by atoms with E-state index in [1.807, 2.05) is 4.90 Å². The second-order valence-electron chi connectivity index (χ2n) is 5.72. The van der Waals surface area contributed by atoms with Crippen LogP contribution in [0.3, 0.4) is 0 Å². The molecule has 4 heteroatoms. The van der Waals surface area contributed by atoms with Crippen LogP contribution in [0.2, 0.25) is 0 Å². The van der Waals surface area contributed by atoms with Crippen LogP contribution in [-0.4, -0.2) is 43.7 Å². The molecule has 0 unspecified atom stereocenters. The number of carbonyl (C=O) groups excluding carboxylic acids is 2. The van der Waals surface area contributed by atoms with Gasteiger partial charge in [-0.2, -0.15) is 0 Å². The zero-order valence-corrected chi connectivity index (χ0v) is 14.2. The summed E-state index contributed by atoms with van der Waals surface area (Å²) in [5.41, 5.74) is 0. The quantitative estimate of drug-likeness (QED) is 0.233. The third-order valence-electron chi connectivity index (χ3n) is 3.58. The number of nitrogens with zero attached hydrogens (tertiary/aromatic N) is 1. The summed E-state index contributed by atoms with van der Waals surface area (Å²) in [5.74, 6) is 0.728. The highest BCUT2D eigenvalue weighted by atomic mass is 16.5. The summed E-state index contributed by atoms with van der Waals surface area (Å²) in [7, 11) is 0. The van der Waals surface area contributed by atoms with E-state index in [-0.39, 0.29) is 0 Å². The molecule has 0 fully saturated rings. The van der Waals surface area contributed by atoms with E-state index in [0.29, 0.717) is 26.1 Å². The Morgan fingerprint density at radius 3 is 2.41 bits per heavy atom. The van der Waals surface area contributed by atoms with Gasteiger partial charge in [-0.15, -0.1) is 0 Å². The molecular formula is C18H33NO3. The summed E-state index contributed by atoms with van der Waals surface area (Å²) in [6.07, 6.45) is 11.7. The molecule has 0 aliphatic rings. The summed E-state index contributed by atoms with van der Waals surface area (Å²) >= 11 is 0. The molecule has 0 spiro atoms. The highest BCUT2D eigenvalue weighted by Crippen LogP contribution is 2.07. The molecule has 4 nitrogen and oxygen atoms in total. The van der Waals surface area contributed by atoms with E-state index in [4.69, 9.17) is 4.74 Å². The van der Waals surface area contributed by atoms with E-state index in [1.54, 1.807) is 0 Å². The third kappa shape index (κ3) is 13.8. The predicted octanol–water partition coefficient (Wildman–Crippen LogP) is 3.75. The summed E-state index contributed by atoms with van der Waals surface area (Å²) < 4.78 is 5.64. The van der Waals surface area contributed by atoms with E-state index in [1.165, 1.54) is 32.1 Å². The highest BCUT2D eigenvalue weighted by molar-refractivity contribution is 5.52. The lowest BCUT2D eigenvalue weighted by Crippen LogP contribution is -2.29. The van der Waals surface area contributed by atoms with Gasteiger partial charge in [-0.25, -0.2) is 0 Å². The van der Waals surface area contributed by atoms with Crippen LogP contribution >= 0.6 is 0 Å². The van der Waals surface area contributed by atoms with E-state index in [0.717, 1.165) is 44.1 Å². The van der Waals surface area contributed by atoms with Gasteiger partial charge in [-0.1, -0.05) is 45.6 Å². The Labute approximate surface area is 135 Å². The minimum atomic E-state index is 0.389. The number of unbranched alkanes of at least 4 members (excludes halogenated alkanes) is 7. The van der Waals surface area contributed by atoms with Gasteiger partial charge >= 0.3 is 0 Å². The SMILES string of the molecule is C=C(CN(CC=O)CCCCC=O)OCCCCCCCC. The average Bonchev–Trinajstić information content (AvgIpc) is 2.51. The van der Waals surface area contributed by atoms with Crippen LogP contribution in [0.1, 0.15) is 64.7 Å². The minimum Gasteiger partial charge on any atom is -0.497 e. The van der Waals surface area contributed by atoms with Gasteiger partial charge in [0.1, 0.15) is 18.3 Å². The van der Waals surface area contributed by atoms with Crippen LogP contribution in [0.4, 0.5) is 0 Å². The Balaban J connectivity index is 3.69. The molecule has 0 radical (unpaired) electrons. The molecule has 128 valence electrons. The Kier molecular flexibility index (Phi) is 15.4. The summed E-state index contributed by atoms with van der Waals surface area (Å²) in [6.45, 7) is 8.64. The maximum atomic E-state index is 10.7. The highest BCUT2D eigenvalue weighted by Gasteiger charge is 2.07. The van der Waals surface area contributed by atoms with Gasteiger partial charge in [-0.3, -0.25) is 4.90 Å². The third-order valence-corrected chi connectivity index (χ3v) is 3.58. The normalized spacial score (nSPS) is 10.6. The predicted molar refractivity (Wildman–Crippen MR) is 90.9 cm³/mol. The molecule has 22 heavy (non-hydrogen) atoms. The molecule has 0 N–H and O–H groups in total. The second-order valence-corrected chi connectivity index (χ2v) is 5.72. The van der Waals surface area contributed by atoms with Crippen LogP contribution in [0.15, 0.2) is 12.3 Å². The van der Waals surface area contributed by atoms with Crippen LogP contribution in [-0.2, 0) is 14.3 Å². The maximum Gasteiger partial charge on any atom is 0.133 e. The van der Waals surface area contributed by atoms with Gasteiger partial charge in [0, 0.05) is 6.42 Å². The van der Waals surface area contributed by atoms with Crippen LogP contribution in [0.25, 0.3) is 0 Å². The molecule has 0 saturated heterocycles. The van der Waals surface area contributed by atoms with Crippen molar-refractivity contribution in [1.82, 2.24) is 4.90 Å². The Hall–Kier alpha value is -1.16. The molecule has 0 heterocycles. The number of rotatable bonds is 17. The zero-order chi connectivity index (χ0) is 16.5. The van der Waals surface area contributed by atoms with Crippen molar-refractivity contribution in [2.45, 2.75) is 64.7 Å². The number of aldehydes is 2. The topological polar surface area (TPSA) is 46.6 Å². The molecule has 0 atom stereocenters.